The smallest absolute Gasteiger partial charge is 0.142 e. The maximum atomic E-state index is 11.2. The number of hydrogen-bond donors (Lipinski definition) is 7. The Balaban J connectivity index is 0.908. The highest BCUT2D eigenvalue weighted by Crippen LogP contribution is 2.44. The third-order valence-corrected chi connectivity index (χ3v) is 10.9. The van der Waals surface area contributed by atoms with Crippen LogP contribution in [0.2, 0.25) is 0 Å². The Morgan fingerprint density at radius 3 is 2.57 bits per heavy atom. The molecular weight excluding hydrogens is 532 g/mol. The number of nitrogens with two attached hydrogens (primary N) is 1. The second-order valence-corrected chi connectivity index (χ2v) is 13.9. The number of anilines is 2. The molecule has 6 aliphatic rings. The standard InChI is InChI=1S/C31H52N8O3/c1-4-37-15-34-29(32)26-30(37)39(16-33-26)31-28(41)27(40)24(42-31)14-38(17(2)3)21-11-18(12-21)5-10-25-35-22-9-8-20(19-6-7-19)13-23(22)36-25/h8-9,13,17-19,21,24-31,33-36,40-41H,4-7,10-12,14-16,32H2,1-3H3/t18?,21?,24-,25?,26?,27-,28-,29?,30?,31-/m1/s1. The molecule has 3 saturated heterocycles. The maximum absolute atomic E-state index is 11.2. The first-order valence-electron chi connectivity index (χ1n) is 16.5. The third-order valence-electron chi connectivity index (χ3n) is 10.9. The van der Waals surface area contributed by atoms with Crippen molar-refractivity contribution < 1.29 is 14.9 Å². The van der Waals surface area contributed by atoms with E-state index in [9.17, 15) is 10.2 Å². The molecule has 0 spiro atoms. The average molecular weight is 585 g/mol. The molecule has 8 atom stereocenters. The van der Waals surface area contributed by atoms with Gasteiger partial charge in [-0.15, -0.1) is 0 Å². The van der Waals surface area contributed by atoms with E-state index in [-0.39, 0.29) is 18.4 Å². The van der Waals surface area contributed by atoms with Crippen molar-refractivity contribution in [2.45, 2.75) is 126 Å². The Bertz CT molecular complexity index is 1100. The first-order valence-corrected chi connectivity index (χ1v) is 16.5. The van der Waals surface area contributed by atoms with Crippen LogP contribution < -0.4 is 27.0 Å². The van der Waals surface area contributed by atoms with Crippen LogP contribution in [0.3, 0.4) is 0 Å². The van der Waals surface area contributed by atoms with E-state index in [0.717, 1.165) is 24.8 Å². The molecule has 4 heterocycles. The van der Waals surface area contributed by atoms with Crippen LogP contribution in [0, 0.1) is 5.92 Å². The van der Waals surface area contributed by atoms with Gasteiger partial charge < -0.3 is 31.3 Å². The summed E-state index contributed by atoms with van der Waals surface area (Å²) in [6, 6.07) is 7.75. The van der Waals surface area contributed by atoms with E-state index in [0.29, 0.717) is 38.1 Å². The highest BCUT2D eigenvalue weighted by Gasteiger charge is 2.53. The van der Waals surface area contributed by atoms with Gasteiger partial charge in [0.05, 0.1) is 49.3 Å². The van der Waals surface area contributed by atoms with Gasteiger partial charge in [0.25, 0.3) is 0 Å². The van der Waals surface area contributed by atoms with Crippen LogP contribution in [0.4, 0.5) is 11.4 Å². The summed E-state index contributed by atoms with van der Waals surface area (Å²) in [6.45, 7) is 9.33. The number of fused-ring (bicyclic) bond motifs is 2. The van der Waals surface area contributed by atoms with E-state index in [4.69, 9.17) is 10.5 Å². The van der Waals surface area contributed by atoms with E-state index in [1.165, 1.54) is 49.0 Å². The minimum Gasteiger partial charge on any atom is -0.387 e. The molecule has 11 nitrogen and oxygen atoms in total. The van der Waals surface area contributed by atoms with Crippen LogP contribution in [-0.2, 0) is 4.74 Å². The quantitative estimate of drug-likeness (QED) is 0.214. The number of ether oxygens (including phenoxy) is 1. The van der Waals surface area contributed by atoms with Gasteiger partial charge in [0.1, 0.15) is 24.5 Å². The third kappa shape index (κ3) is 5.46. The van der Waals surface area contributed by atoms with Gasteiger partial charge in [-0.2, -0.15) is 0 Å². The summed E-state index contributed by atoms with van der Waals surface area (Å²) in [7, 11) is 0. The Hall–Kier alpha value is -1.54. The van der Waals surface area contributed by atoms with Crippen molar-refractivity contribution in [1.29, 1.82) is 0 Å². The molecular formula is C31H52N8O3. The summed E-state index contributed by atoms with van der Waals surface area (Å²) in [5, 5.41) is 36.5. The lowest BCUT2D eigenvalue weighted by atomic mass is 9.76. The second kappa shape index (κ2) is 11.8. The lowest BCUT2D eigenvalue weighted by Crippen LogP contribution is -2.69. The molecule has 1 aromatic carbocycles. The van der Waals surface area contributed by atoms with Crippen molar-refractivity contribution in [2.24, 2.45) is 11.7 Å². The number of aliphatic hydroxyl groups is 2. The molecule has 0 amide bonds. The van der Waals surface area contributed by atoms with Crippen LogP contribution in [0.1, 0.15) is 70.8 Å². The van der Waals surface area contributed by atoms with Crippen LogP contribution in [0.5, 0.6) is 0 Å². The van der Waals surface area contributed by atoms with Crippen molar-refractivity contribution in [3.05, 3.63) is 23.8 Å². The average Bonchev–Trinajstić information content (AvgIpc) is 3.48. The predicted molar refractivity (Wildman–Crippen MR) is 163 cm³/mol. The monoisotopic (exact) mass is 584 g/mol. The highest BCUT2D eigenvalue weighted by atomic mass is 16.6. The van der Waals surface area contributed by atoms with Crippen LogP contribution in [-0.4, -0.2) is 113 Å². The fourth-order valence-electron chi connectivity index (χ4n) is 8.13. The van der Waals surface area contributed by atoms with Gasteiger partial charge in [-0.1, -0.05) is 13.0 Å². The summed E-state index contributed by atoms with van der Waals surface area (Å²) < 4.78 is 6.49. The van der Waals surface area contributed by atoms with Crippen molar-refractivity contribution in [2.75, 3.05) is 37.1 Å². The van der Waals surface area contributed by atoms with Gasteiger partial charge in [-0.25, -0.2) is 4.90 Å². The van der Waals surface area contributed by atoms with Crippen molar-refractivity contribution in [3.63, 3.8) is 0 Å². The summed E-state index contributed by atoms with van der Waals surface area (Å²) in [5.41, 5.74) is 10.3. The molecule has 234 valence electrons. The molecule has 5 fully saturated rings. The highest BCUT2D eigenvalue weighted by molar-refractivity contribution is 5.75. The molecule has 11 heteroatoms. The van der Waals surface area contributed by atoms with Crippen LogP contribution >= 0.6 is 0 Å². The zero-order chi connectivity index (χ0) is 29.1. The molecule has 7 rings (SSSR count). The molecule has 2 saturated carbocycles. The van der Waals surface area contributed by atoms with Crippen molar-refractivity contribution >= 4 is 11.4 Å². The number of nitrogens with zero attached hydrogens (tertiary/aromatic N) is 3. The van der Waals surface area contributed by atoms with Gasteiger partial charge in [0.2, 0.25) is 0 Å². The minimum absolute atomic E-state index is 0.0160. The fourth-order valence-corrected chi connectivity index (χ4v) is 8.13. The van der Waals surface area contributed by atoms with Gasteiger partial charge in [-0.3, -0.25) is 20.4 Å². The fraction of sp³-hybridized carbons (Fsp3) is 0.806. The van der Waals surface area contributed by atoms with Crippen molar-refractivity contribution in [1.82, 2.24) is 25.3 Å². The molecule has 8 N–H and O–H groups in total. The molecule has 0 radical (unpaired) electrons. The van der Waals surface area contributed by atoms with E-state index in [1.807, 2.05) is 0 Å². The first-order chi connectivity index (χ1) is 20.3. The van der Waals surface area contributed by atoms with E-state index in [1.54, 1.807) is 0 Å². The maximum Gasteiger partial charge on any atom is 0.142 e. The zero-order valence-corrected chi connectivity index (χ0v) is 25.5. The van der Waals surface area contributed by atoms with Crippen LogP contribution in [0.15, 0.2) is 18.2 Å². The zero-order valence-electron chi connectivity index (χ0n) is 25.5. The number of aliphatic hydroxyl groups excluding tert-OH is 2. The largest absolute Gasteiger partial charge is 0.387 e. The number of benzene rings is 1. The predicted octanol–water partition coefficient (Wildman–Crippen LogP) is 1.17. The number of hydrogen-bond acceptors (Lipinski definition) is 11. The summed E-state index contributed by atoms with van der Waals surface area (Å²) in [4.78, 5) is 6.95. The van der Waals surface area contributed by atoms with E-state index >= 15 is 0 Å². The number of rotatable bonds is 10. The first kappa shape index (κ1) is 29.2. The molecule has 4 unspecified atom stereocenters. The van der Waals surface area contributed by atoms with Crippen LogP contribution in [0.25, 0.3) is 0 Å². The van der Waals surface area contributed by atoms with E-state index in [2.05, 4.69) is 74.9 Å². The summed E-state index contributed by atoms with van der Waals surface area (Å²) in [5.74, 6) is 1.50. The Labute approximate surface area is 250 Å². The molecule has 4 aliphatic heterocycles. The lowest BCUT2D eigenvalue weighted by molar-refractivity contribution is -0.133. The number of likely N-dealkylation sites (N-methyl/N-ethyl adjacent to an activating group) is 1. The lowest BCUT2D eigenvalue weighted by Gasteiger charge is -2.46. The van der Waals surface area contributed by atoms with Gasteiger partial charge in [-0.05, 0) is 88.4 Å². The molecule has 1 aromatic rings. The van der Waals surface area contributed by atoms with Gasteiger partial charge in [0.15, 0.2) is 0 Å². The summed E-state index contributed by atoms with van der Waals surface area (Å²) in [6.07, 6.45) is 4.63. The van der Waals surface area contributed by atoms with Gasteiger partial charge in [0, 0.05) is 18.6 Å². The Morgan fingerprint density at radius 1 is 1.05 bits per heavy atom. The van der Waals surface area contributed by atoms with Crippen molar-refractivity contribution in [3.8, 4) is 0 Å². The molecule has 0 bridgehead atoms. The molecule has 42 heavy (non-hydrogen) atoms. The normalized spacial score (nSPS) is 40.2. The second-order valence-electron chi connectivity index (χ2n) is 13.9. The topological polar surface area (TPSA) is 134 Å². The summed E-state index contributed by atoms with van der Waals surface area (Å²) >= 11 is 0. The minimum atomic E-state index is -0.959. The van der Waals surface area contributed by atoms with E-state index < -0.39 is 24.5 Å². The molecule has 0 aromatic heterocycles. The SMILES string of the molecule is CCN1CNC(N)C2NCN([C@@H]3O[C@H](CN(C(C)C)C4CC(CCC5Nc6ccc(C7CC7)cc6N5)C4)[C@@H](O)[C@H]3O)C21. The Kier molecular flexibility index (Phi) is 8.17. The van der Waals surface area contributed by atoms with Gasteiger partial charge >= 0.3 is 0 Å². The Morgan fingerprint density at radius 2 is 1.83 bits per heavy atom. The molecule has 2 aliphatic carbocycles. The number of nitrogens with one attached hydrogen (secondary N) is 4.